The number of fused-ring (bicyclic) bond motifs is 3. The molecule has 5 rings (SSSR count). The average Bonchev–Trinajstić information content (AvgIpc) is 3.51. The van der Waals surface area contributed by atoms with Crippen LogP contribution in [-0.4, -0.2) is 35.3 Å². The zero-order valence-electron chi connectivity index (χ0n) is 17.1. The minimum atomic E-state index is -0.549. The zero-order chi connectivity index (χ0) is 22.4. The van der Waals surface area contributed by atoms with Crippen molar-refractivity contribution in [2.24, 2.45) is 7.05 Å². The van der Waals surface area contributed by atoms with E-state index in [9.17, 15) is 14.9 Å². The molecule has 0 unspecified atom stereocenters. The Hall–Kier alpha value is -4.12. The standard InChI is InChI=1S/C21H17N7O3S/c1-11(25-19(29)15-7-14(8-22-15)28(30)31)12-4-3-5-13(6-12)20-26-17-18-16(24-10-27(18)2)9-23-21(17)32-20/h3-11,22H,1-2H3,(H,25,29)/t11-/m0/s1. The van der Waals surface area contributed by atoms with E-state index in [1.165, 1.54) is 23.6 Å². The van der Waals surface area contributed by atoms with Crippen LogP contribution in [0, 0.1) is 10.1 Å². The normalized spacial score (nSPS) is 12.3. The second-order valence-corrected chi connectivity index (χ2v) is 8.35. The van der Waals surface area contributed by atoms with Gasteiger partial charge in [0.15, 0.2) is 0 Å². The van der Waals surface area contributed by atoms with E-state index in [1.807, 2.05) is 42.8 Å². The number of hydrogen-bond acceptors (Lipinski definition) is 7. The number of nitrogens with one attached hydrogen (secondary N) is 2. The van der Waals surface area contributed by atoms with Crippen molar-refractivity contribution in [3.8, 4) is 10.6 Å². The Bertz CT molecular complexity index is 1500. The van der Waals surface area contributed by atoms with Gasteiger partial charge in [0.1, 0.15) is 26.6 Å². The molecule has 1 aromatic carbocycles. The summed E-state index contributed by atoms with van der Waals surface area (Å²) in [6, 6.07) is 8.65. The van der Waals surface area contributed by atoms with Gasteiger partial charge in [-0.25, -0.2) is 15.0 Å². The van der Waals surface area contributed by atoms with E-state index in [0.717, 1.165) is 37.5 Å². The molecule has 0 aliphatic carbocycles. The van der Waals surface area contributed by atoms with Gasteiger partial charge < -0.3 is 14.9 Å². The number of imidazole rings is 1. The fourth-order valence-corrected chi connectivity index (χ4v) is 4.46. The Morgan fingerprint density at radius 3 is 2.94 bits per heavy atom. The first-order chi connectivity index (χ1) is 15.4. The first kappa shape index (κ1) is 19.8. The van der Waals surface area contributed by atoms with Crippen LogP contribution in [0.2, 0.25) is 0 Å². The number of rotatable bonds is 5. The molecule has 0 aliphatic rings. The third-order valence-corrected chi connectivity index (χ3v) is 6.22. The highest BCUT2D eigenvalue weighted by Gasteiger charge is 2.18. The van der Waals surface area contributed by atoms with Crippen molar-refractivity contribution >= 4 is 44.3 Å². The van der Waals surface area contributed by atoms with Crippen molar-refractivity contribution in [3.63, 3.8) is 0 Å². The number of benzene rings is 1. The quantitative estimate of drug-likeness (QED) is 0.309. The number of aromatic nitrogens is 5. The Morgan fingerprint density at radius 1 is 1.31 bits per heavy atom. The fourth-order valence-electron chi connectivity index (χ4n) is 3.55. The van der Waals surface area contributed by atoms with Crippen LogP contribution in [0.5, 0.6) is 0 Å². The summed E-state index contributed by atoms with van der Waals surface area (Å²) < 4.78 is 1.93. The topological polar surface area (TPSA) is 132 Å². The Balaban J connectivity index is 1.42. The minimum absolute atomic E-state index is 0.136. The monoisotopic (exact) mass is 447 g/mol. The lowest BCUT2D eigenvalue weighted by Gasteiger charge is -2.14. The maximum atomic E-state index is 12.5. The van der Waals surface area contributed by atoms with E-state index in [1.54, 1.807) is 12.5 Å². The maximum absolute atomic E-state index is 12.5. The van der Waals surface area contributed by atoms with Crippen molar-refractivity contribution in [1.29, 1.82) is 0 Å². The predicted molar refractivity (Wildman–Crippen MR) is 120 cm³/mol. The number of amides is 1. The van der Waals surface area contributed by atoms with Gasteiger partial charge in [0.25, 0.3) is 11.6 Å². The molecule has 0 spiro atoms. The van der Waals surface area contributed by atoms with Crippen LogP contribution in [0.25, 0.3) is 32.0 Å². The lowest BCUT2D eigenvalue weighted by molar-refractivity contribution is -0.384. The summed E-state index contributed by atoms with van der Waals surface area (Å²) in [6.07, 6.45) is 4.69. The molecule has 160 valence electrons. The number of aromatic amines is 1. The number of nitrogens with zero attached hydrogens (tertiary/aromatic N) is 5. The van der Waals surface area contributed by atoms with E-state index in [2.05, 4.69) is 20.3 Å². The van der Waals surface area contributed by atoms with Crippen molar-refractivity contribution in [2.45, 2.75) is 13.0 Å². The molecule has 0 fully saturated rings. The molecule has 4 aromatic heterocycles. The molecule has 1 atom stereocenters. The van der Waals surface area contributed by atoms with E-state index < -0.39 is 10.8 Å². The molecular weight excluding hydrogens is 430 g/mol. The summed E-state index contributed by atoms with van der Waals surface area (Å²) in [5.74, 6) is -0.418. The summed E-state index contributed by atoms with van der Waals surface area (Å²) in [5.41, 5.74) is 4.32. The van der Waals surface area contributed by atoms with Crippen LogP contribution < -0.4 is 5.32 Å². The van der Waals surface area contributed by atoms with Crippen LogP contribution in [0.3, 0.4) is 0 Å². The fraction of sp³-hybridized carbons (Fsp3) is 0.143. The van der Waals surface area contributed by atoms with Gasteiger partial charge in [-0.3, -0.25) is 14.9 Å². The first-order valence-corrected chi connectivity index (χ1v) is 10.5. The third-order valence-electron chi connectivity index (χ3n) is 5.21. The number of carbonyl (C=O) groups is 1. The third kappa shape index (κ3) is 3.38. The van der Waals surface area contributed by atoms with Gasteiger partial charge in [0.05, 0.1) is 35.2 Å². The Labute approximate surface area is 185 Å². The van der Waals surface area contributed by atoms with Crippen LogP contribution in [-0.2, 0) is 7.05 Å². The van der Waals surface area contributed by atoms with Crippen LogP contribution in [0.15, 0.2) is 49.1 Å². The summed E-state index contributed by atoms with van der Waals surface area (Å²) in [7, 11) is 1.93. The lowest BCUT2D eigenvalue weighted by Crippen LogP contribution is -2.26. The van der Waals surface area contributed by atoms with Crippen LogP contribution in [0.4, 0.5) is 5.69 Å². The summed E-state index contributed by atoms with van der Waals surface area (Å²) in [6.45, 7) is 1.85. The highest BCUT2D eigenvalue weighted by molar-refractivity contribution is 7.21. The molecule has 5 aromatic rings. The van der Waals surface area contributed by atoms with Gasteiger partial charge in [0, 0.05) is 18.7 Å². The van der Waals surface area contributed by atoms with Crippen molar-refractivity contribution < 1.29 is 9.72 Å². The Kier molecular flexibility index (Phi) is 4.67. The molecule has 0 radical (unpaired) electrons. The van der Waals surface area contributed by atoms with Crippen molar-refractivity contribution in [2.75, 3.05) is 0 Å². The second kappa shape index (κ2) is 7.54. The smallest absolute Gasteiger partial charge is 0.287 e. The van der Waals surface area contributed by atoms with Crippen LogP contribution >= 0.6 is 11.3 Å². The number of thiazole rings is 1. The van der Waals surface area contributed by atoms with Gasteiger partial charge in [0.2, 0.25) is 0 Å². The molecule has 4 heterocycles. The maximum Gasteiger partial charge on any atom is 0.287 e. The predicted octanol–water partition coefficient (Wildman–Crippen LogP) is 3.97. The molecule has 32 heavy (non-hydrogen) atoms. The van der Waals surface area contributed by atoms with Gasteiger partial charge in [-0.15, -0.1) is 0 Å². The molecule has 11 heteroatoms. The highest BCUT2D eigenvalue weighted by atomic mass is 32.1. The number of H-pyrrole nitrogens is 1. The first-order valence-electron chi connectivity index (χ1n) is 9.71. The van der Waals surface area contributed by atoms with Gasteiger partial charge in [-0.1, -0.05) is 29.5 Å². The molecule has 1 amide bonds. The molecule has 10 nitrogen and oxygen atoms in total. The lowest BCUT2D eigenvalue weighted by atomic mass is 10.1. The summed E-state index contributed by atoms with van der Waals surface area (Å²) in [5, 5.41) is 14.5. The van der Waals surface area contributed by atoms with Gasteiger partial charge >= 0.3 is 0 Å². The molecule has 0 saturated carbocycles. The largest absolute Gasteiger partial charge is 0.351 e. The number of pyridine rings is 1. The van der Waals surface area contributed by atoms with Crippen LogP contribution in [0.1, 0.15) is 29.0 Å². The molecule has 0 saturated heterocycles. The molecule has 0 aliphatic heterocycles. The SMILES string of the molecule is C[C@H](NC(=O)c1cc([N+](=O)[O-])c[nH]1)c1cccc(-c2nc3c(ncc4ncn(C)c43)s2)c1. The molecule has 0 bridgehead atoms. The van der Waals surface area contributed by atoms with Crippen molar-refractivity contribution in [1.82, 2.24) is 29.8 Å². The number of nitro groups is 1. The van der Waals surface area contributed by atoms with E-state index in [-0.39, 0.29) is 17.4 Å². The second-order valence-electron chi connectivity index (χ2n) is 7.37. The molecular formula is C21H17N7O3S. The van der Waals surface area contributed by atoms with E-state index >= 15 is 0 Å². The summed E-state index contributed by atoms with van der Waals surface area (Å²) >= 11 is 1.49. The number of hydrogen-bond donors (Lipinski definition) is 2. The van der Waals surface area contributed by atoms with E-state index in [0.29, 0.717) is 0 Å². The Morgan fingerprint density at radius 2 is 2.16 bits per heavy atom. The number of aryl methyl sites for hydroxylation is 1. The zero-order valence-corrected chi connectivity index (χ0v) is 17.9. The van der Waals surface area contributed by atoms with E-state index in [4.69, 9.17) is 4.98 Å². The highest BCUT2D eigenvalue weighted by Crippen LogP contribution is 2.33. The van der Waals surface area contributed by atoms with Gasteiger partial charge in [-0.2, -0.15) is 0 Å². The summed E-state index contributed by atoms with van der Waals surface area (Å²) in [4.78, 5) is 39.9. The molecule has 2 N–H and O–H groups in total. The minimum Gasteiger partial charge on any atom is -0.351 e. The van der Waals surface area contributed by atoms with Gasteiger partial charge in [-0.05, 0) is 18.6 Å². The number of carbonyl (C=O) groups excluding carboxylic acids is 1. The average molecular weight is 447 g/mol. The van der Waals surface area contributed by atoms with Crippen molar-refractivity contribution in [3.05, 3.63) is 70.4 Å².